The summed E-state index contributed by atoms with van der Waals surface area (Å²) in [5.41, 5.74) is 8.28. The number of hydrogen-bond acceptors (Lipinski definition) is 4. The number of aromatic nitrogens is 2. The van der Waals surface area contributed by atoms with E-state index in [1.807, 2.05) is 24.3 Å². The first-order chi connectivity index (χ1) is 14.7. The highest BCUT2D eigenvalue weighted by atomic mass is 16.5. The number of benzene rings is 3. The fourth-order valence-electron chi connectivity index (χ4n) is 3.96. The van der Waals surface area contributed by atoms with Crippen molar-refractivity contribution in [1.29, 1.82) is 0 Å². The Balaban J connectivity index is 1.35. The van der Waals surface area contributed by atoms with E-state index in [4.69, 9.17) is 4.74 Å². The molecule has 0 atom stereocenters. The summed E-state index contributed by atoms with van der Waals surface area (Å²) in [6.45, 7) is 0. The van der Waals surface area contributed by atoms with Crippen molar-refractivity contribution in [2.24, 2.45) is 5.10 Å². The third kappa shape index (κ3) is 3.22. The van der Waals surface area contributed by atoms with Gasteiger partial charge in [0.05, 0.1) is 19.0 Å². The van der Waals surface area contributed by atoms with Crippen molar-refractivity contribution in [3.8, 4) is 17.0 Å². The molecular weight excluding hydrogens is 376 g/mol. The molecule has 6 nitrogen and oxygen atoms in total. The average molecular weight is 396 g/mol. The number of amides is 1. The molecule has 1 aliphatic rings. The van der Waals surface area contributed by atoms with Crippen LogP contribution in [0.5, 0.6) is 5.75 Å². The molecule has 0 bridgehead atoms. The molecule has 6 heteroatoms. The summed E-state index contributed by atoms with van der Waals surface area (Å²) in [5, 5.41) is 13.7. The van der Waals surface area contributed by atoms with E-state index in [9.17, 15) is 4.79 Å². The van der Waals surface area contributed by atoms with Crippen LogP contribution < -0.4 is 10.2 Å². The lowest BCUT2D eigenvalue weighted by Gasteiger charge is -2.06. The Morgan fingerprint density at radius 1 is 1.10 bits per heavy atom. The van der Waals surface area contributed by atoms with E-state index in [-0.39, 0.29) is 5.91 Å². The number of hydrogen-bond donors (Lipinski definition) is 2. The highest BCUT2D eigenvalue weighted by Crippen LogP contribution is 2.36. The van der Waals surface area contributed by atoms with E-state index in [1.54, 1.807) is 19.4 Å². The fourth-order valence-corrected chi connectivity index (χ4v) is 3.96. The molecule has 0 saturated heterocycles. The number of carbonyl (C=O) groups is 1. The number of nitrogens with one attached hydrogen (secondary N) is 2. The zero-order valence-electron chi connectivity index (χ0n) is 16.5. The Morgan fingerprint density at radius 3 is 2.70 bits per heavy atom. The van der Waals surface area contributed by atoms with Crippen LogP contribution in [0, 0.1) is 0 Å². The Hall–Kier alpha value is -3.93. The van der Waals surface area contributed by atoms with Gasteiger partial charge in [0, 0.05) is 5.56 Å². The number of hydrazone groups is 1. The van der Waals surface area contributed by atoms with Gasteiger partial charge in [-0.15, -0.1) is 0 Å². The molecule has 5 rings (SSSR count). The summed E-state index contributed by atoms with van der Waals surface area (Å²) in [5.74, 6) is 0.425. The average Bonchev–Trinajstić information content (AvgIpc) is 3.43. The van der Waals surface area contributed by atoms with Crippen LogP contribution in [-0.2, 0) is 12.8 Å². The van der Waals surface area contributed by atoms with Gasteiger partial charge in [-0.25, -0.2) is 5.43 Å². The normalized spacial score (nSPS) is 12.6. The Morgan fingerprint density at radius 2 is 1.90 bits per heavy atom. The Kier molecular flexibility index (Phi) is 4.52. The van der Waals surface area contributed by atoms with E-state index in [2.05, 4.69) is 51.1 Å². The highest BCUT2D eigenvalue weighted by molar-refractivity contribution is 6.02. The smallest absolute Gasteiger partial charge is 0.289 e. The van der Waals surface area contributed by atoms with Gasteiger partial charge >= 0.3 is 0 Å². The quantitative estimate of drug-likeness (QED) is 0.394. The monoisotopic (exact) mass is 396 g/mol. The van der Waals surface area contributed by atoms with Crippen LogP contribution >= 0.6 is 0 Å². The second-order valence-corrected chi connectivity index (χ2v) is 7.25. The molecule has 0 aliphatic heterocycles. The maximum Gasteiger partial charge on any atom is 0.289 e. The molecule has 1 heterocycles. The van der Waals surface area contributed by atoms with E-state index in [1.165, 1.54) is 21.9 Å². The number of carbonyl (C=O) groups excluding carboxylic acids is 1. The van der Waals surface area contributed by atoms with Crippen molar-refractivity contribution in [2.45, 2.75) is 12.8 Å². The molecule has 4 aromatic rings. The van der Waals surface area contributed by atoms with Gasteiger partial charge < -0.3 is 4.74 Å². The molecule has 2 N–H and O–H groups in total. The lowest BCUT2D eigenvalue weighted by molar-refractivity contribution is 0.0950. The van der Waals surface area contributed by atoms with Crippen molar-refractivity contribution in [3.63, 3.8) is 0 Å². The van der Waals surface area contributed by atoms with Gasteiger partial charge in [-0.1, -0.05) is 30.3 Å². The van der Waals surface area contributed by atoms with Crippen LogP contribution in [0.15, 0.2) is 65.8 Å². The molecule has 1 aromatic heterocycles. The van der Waals surface area contributed by atoms with Crippen LogP contribution in [0.1, 0.15) is 27.2 Å². The zero-order valence-corrected chi connectivity index (χ0v) is 16.5. The van der Waals surface area contributed by atoms with E-state index in [0.717, 1.165) is 35.4 Å². The highest BCUT2D eigenvalue weighted by Gasteiger charge is 2.18. The van der Waals surface area contributed by atoms with Crippen molar-refractivity contribution in [1.82, 2.24) is 15.6 Å². The molecule has 30 heavy (non-hydrogen) atoms. The predicted octanol–water partition coefficient (Wildman–Crippen LogP) is 4.10. The van der Waals surface area contributed by atoms with Crippen LogP contribution in [0.3, 0.4) is 0 Å². The minimum absolute atomic E-state index is 0.343. The SMILES string of the molecule is COc1ccc(/C=N\NC(=O)c2cc(-c3ccc4c5c(cccc35)CC4)n[nH]2)cc1. The minimum atomic E-state index is -0.343. The zero-order chi connectivity index (χ0) is 20.5. The number of aryl methyl sites for hydroxylation is 2. The maximum absolute atomic E-state index is 12.4. The molecule has 0 spiro atoms. The van der Waals surface area contributed by atoms with Crippen molar-refractivity contribution >= 4 is 22.9 Å². The van der Waals surface area contributed by atoms with E-state index < -0.39 is 0 Å². The number of methoxy groups -OCH3 is 1. The minimum Gasteiger partial charge on any atom is -0.497 e. The number of nitrogens with zero attached hydrogens (tertiary/aromatic N) is 2. The lowest BCUT2D eigenvalue weighted by atomic mass is 9.98. The topological polar surface area (TPSA) is 79.4 Å². The van der Waals surface area contributed by atoms with Gasteiger partial charge in [0.15, 0.2) is 0 Å². The molecular formula is C24H20N4O2. The van der Waals surface area contributed by atoms with Crippen LogP contribution in [-0.4, -0.2) is 29.4 Å². The number of rotatable bonds is 5. The summed E-state index contributed by atoms with van der Waals surface area (Å²) in [4.78, 5) is 12.4. The van der Waals surface area contributed by atoms with Crippen molar-refractivity contribution < 1.29 is 9.53 Å². The van der Waals surface area contributed by atoms with Crippen LogP contribution in [0.25, 0.3) is 22.0 Å². The number of H-pyrrole nitrogens is 1. The van der Waals surface area contributed by atoms with Crippen molar-refractivity contribution in [3.05, 3.63) is 83.0 Å². The molecule has 1 amide bonds. The number of ether oxygens (including phenoxy) is 1. The summed E-state index contributed by atoms with van der Waals surface area (Å²) in [6.07, 6.45) is 3.74. The number of aromatic amines is 1. The van der Waals surface area contributed by atoms with E-state index >= 15 is 0 Å². The Bertz CT molecular complexity index is 1260. The summed E-state index contributed by atoms with van der Waals surface area (Å²) < 4.78 is 5.13. The van der Waals surface area contributed by atoms with Crippen molar-refractivity contribution in [2.75, 3.05) is 7.11 Å². The van der Waals surface area contributed by atoms with Gasteiger partial charge in [0.25, 0.3) is 5.91 Å². The molecule has 0 fully saturated rings. The molecule has 3 aromatic carbocycles. The third-order valence-electron chi connectivity index (χ3n) is 5.47. The lowest BCUT2D eigenvalue weighted by Crippen LogP contribution is -2.17. The van der Waals surface area contributed by atoms with Gasteiger partial charge in [-0.05, 0) is 70.6 Å². The first kappa shape index (κ1) is 18.1. The molecule has 148 valence electrons. The standard InChI is InChI=1S/C24H20N4O2/c1-30-18-10-5-15(6-11-18)14-25-28-24(29)22-13-21(26-27-22)19-12-9-17-8-7-16-3-2-4-20(19)23(16)17/h2-6,9-14H,7-8H2,1H3,(H,26,27)(H,28,29)/b25-14-. The molecule has 0 saturated carbocycles. The Labute approximate surface area is 173 Å². The van der Waals surface area contributed by atoms with Gasteiger partial charge in [-0.3, -0.25) is 9.89 Å². The summed E-state index contributed by atoms with van der Waals surface area (Å²) >= 11 is 0. The summed E-state index contributed by atoms with van der Waals surface area (Å²) in [6, 6.07) is 19.8. The van der Waals surface area contributed by atoms with Crippen LogP contribution in [0.2, 0.25) is 0 Å². The second kappa shape index (κ2) is 7.48. The first-order valence-electron chi connectivity index (χ1n) is 9.79. The molecule has 0 radical (unpaired) electrons. The second-order valence-electron chi connectivity index (χ2n) is 7.25. The maximum atomic E-state index is 12.4. The molecule has 0 unspecified atom stereocenters. The summed E-state index contributed by atoms with van der Waals surface area (Å²) in [7, 11) is 1.62. The first-order valence-corrected chi connectivity index (χ1v) is 9.79. The van der Waals surface area contributed by atoms with Gasteiger partial charge in [0.2, 0.25) is 0 Å². The predicted molar refractivity (Wildman–Crippen MR) is 117 cm³/mol. The molecule has 1 aliphatic carbocycles. The van der Waals surface area contributed by atoms with Gasteiger partial charge in [-0.2, -0.15) is 10.2 Å². The van der Waals surface area contributed by atoms with E-state index in [0.29, 0.717) is 5.69 Å². The van der Waals surface area contributed by atoms with Crippen LogP contribution in [0.4, 0.5) is 0 Å². The fraction of sp³-hybridized carbons (Fsp3) is 0.125. The largest absolute Gasteiger partial charge is 0.497 e. The van der Waals surface area contributed by atoms with Gasteiger partial charge in [0.1, 0.15) is 11.4 Å². The third-order valence-corrected chi connectivity index (χ3v) is 5.47.